The fraction of sp³-hybridized carbons (Fsp3) is 0.435. The third kappa shape index (κ3) is 6.29. The molecule has 8 heteroatoms. The minimum atomic E-state index is -3.64. The maximum atomic E-state index is 13.0. The van der Waals surface area contributed by atoms with Gasteiger partial charge in [-0.3, -0.25) is 9.69 Å². The molecule has 0 saturated heterocycles. The zero-order chi connectivity index (χ0) is 23.0. The van der Waals surface area contributed by atoms with E-state index in [9.17, 15) is 13.2 Å². The van der Waals surface area contributed by atoms with E-state index in [1.165, 1.54) is 12.1 Å². The molecular formula is C23H33N3O4S. The molecule has 0 spiro atoms. The van der Waals surface area contributed by atoms with Crippen molar-refractivity contribution in [3.63, 3.8) is 0 Å². The highest BCUT2D eigenvalue weighted by molar-refractivity contribution is 7.89. The molecule has 0 aromatic heterocycles. The van der Waals surface area contributed by atoms with Gasteiger partial charge in [0.2, 0.25) is 10.0 Å². The molecule has 2 rings (SSSR count). The highest BCUT2D eigenvalue weighted by Crippen LogP contribution is 2.24. The number of methoxy groups -OCH3 is 1. The Kier molecular flexibility index (Phi) is 9.03. The van der Waals surface area contributed by atoms with Crippen LogP contribution < -0.4 is 14.8 Å². The topological polar surface area (TPSA) is 87.7 Å². The summed E-state index contributed by atoms with van der Waals surface area (Å²) in [5.74, 6) is 0.462. The summed E-state index contributed by atoms with van der Waals surface area (Å²) in [5, 5.41) is 3.00. The van der Waals surface area contributed by atoms with Crippen LogP contribution in [0.25, 0.3) is 0 Å². The second-order valence-electron chi connectivity index (χ2n) is 7.20. The number of carbonyl (C=O) groups excluding carboxylic acids is 1. The first kappa shape index (κ1) is 24.8. The van der Waals surface area contributed by atoms with E-state index in [4.69, 9.17) is 4.74 Å². The lowest BCUT2D eigenvalue weighted by Gasteiger charge is -2.30. The van der Waals surface area contributed by atoms with Crippen LogP contribution in [0.4, 0.5) is 0 Å². The maximum Gasteiger partial charge on any atom is 0.251 e. The Hall–Kier alpha value is -2.42. The van der Waals surface area contributed by atoms with Gasteiger partial charge in [-0.1, -0.05) is 39.0 Å². The number of amides is 1. The van der Waals surface area contributed by atoms with E-state index in [1.807, 2.05) is 24.3 Å². The van der Waals surface area contributed by atoms with Gasteiger partial charge in [-0.25, -0.2) is 13.1 Å². The Bertz CT molecular complexity index is 988. The lowest BCUT2D eigenvalue weighted by molar-refractivity contribution is 0.0934. The van der Waals surface area contributed by atoms with Crippen molar-refractivity contribution >= 4 is 15.9 Å². The van der Waals surface area contributed by atoms with Crippen molar-refractivity contribution in [3.8, 4) is 5.75 Å². The largest absolute Gasteiger partial charge is 0.497 e. The number of hydrogen-bond donors (Lipinski definition) is 2. The summed E-state index contributed by atoms with van der Waals surface area (Å²) in [7, 11) is -2.01. The van der Waals surface area contributed by atoms with Gasteiger partial charge in [-0.2, -0.15) is 0 Å². The van der Waals surface area contributed by atoms with Gasteiger partial charge in [0.15, 0.2) is 0 Å². The van der Waals surface area contributed by atoms with Crippen LogP contribution in [-0.2, 0) is 10.0 Å². The molecule has 1 atom stereocenters. The van der Waals surface area contributed by atoms with E-state index in [-0.39, 0.29) is 23.4 Å². The van der Waals surface area contributed by atoms with Gasteiger partial charge in [0.25, 0.3) is 5.91 Å². The SMILES string of the molecule is CCNS(=O)(=O)c1ccc(C)c(C(=O)NC[C@@H](c2cccc(OC)c2)N(CC)CC)c1. The van der Waals surface area contributed by atoms with Crippen molar-refractivity contribution in [2.24, 2.45) is 0 Å². The lowest BCUT2D eigenvalue weighted by atomic mass is 10.0. The summed E-state index contributed by atoms with van der Waals surface area (Å²) >= 11 is 0. The molecule has 2 N–H and O–H groups in total. The van der Waals surface area contributed by atoms with Gasteiger partial charge in [0.1, 0.15) is 5.75 Å². The molecule has 170 valence electrons. The number of nitrogens with one attached hydrogen (secondary N) is 2. The standard InChI is InChI=1S/C23H33N3O4S/c1-6-25-31(28,29)20-13-12-17(4)21(15-20)23(27)24-16-22(26(7-2)8-3)18-10-9-11-19(14-18)30-5/h9-15,22,25H,6-8,16H2,1-5H3,(H,24,27)/t22-/m0/s1. The molecule has 0 aliphatic rings. The van der Waals surface area contributed by atoms with Crippen LogP contribution >= 0.6 is 0 Å². The summed E-state index contributed by atoms with van der Waals surface area (Å²) in [6, 6.07) is 12.4. The minimum absolute atomic E-state index is 0.0389. The summed E-state index contributed by atoms with van der Waals surface area (Å²) in [6.07, 6.45) is 0. The van der Waals surface area contributed by atoms with E-state index in [2.05, 4.69) is 28.8 Å². The molecule has 0 heterocycles. The average Bonchev–Trinajstić information content (AvgIpc) is 2.76. The maximum absolute atomic E-state index is 13.0. The molecule has 0 unspecified atom stereocenters. The van der Waals surface area contributed by atoms with Crippen molar-refractivity contribution < 1.29 is 17.9 Å². The number of ether oxygens (including phenoxy) is 1. The lowest BCUT2D eigenvalue weighted by Crippen LogP contribution is -2.38. The Morgan fingerprint density at radius 2 is 1.81 bits per heavy atom. The predicted molar refractivity (Wildman–Crippen MR) is 123 cm³/mol. The molecule has 31 heavy (non-hydrogen) atoms. The average molecular weight is 448 g/mol. The van der Waals surface area contributed by atoms with Crippen LogP contribution in [0, 0.1) is 6.92 Å². The second kappa shape index (κ2) is 11.3. The number of carbonyl (C=O) groups is 1. The van der Waals surface area contributed by atoms with Crippen LogP contribution in [0.3, 0.4) is 0 Å². The molecule has 0 radical (unpaired) electrons. The van der Waals surface area contributed by atoms with Crippen molar-refractivity contribution in [2.75, 3.05) is 33.3 Å². The second-order valence-corrected chi connectivity index (χ2v) is 8.97. The molecule has 0 fully saturated rings. The molecule has 0 aliphatic carbocycles. The monoisotopic (exact) mass is 447 g/mol. The van der Waals surface area contributed by atoms with Gasteiger partial charge < -0.3 is 10.1 Å². The van der Waals surface area contributed by atoms with Crippen molar-refractivity contribution in [2.45, 2.75) is 38.6 Å². The number of nitrogens with zero attached hydrogens (tertiary/aromatic N) is 1. The van der Waals surface area contributed by atoms with E-state index in [0.29, 0.717) is 17.7 Å². The summed E-state index contributed by atoms with van der Waals surface area (Å²) < 4.78 is 32.5. The van der Waals surface area contributed by atoms with Crippen molar-refractivity contribution in [1.29, 1.82) is 0 Å². The Balaban J connectivity index is 2.28. The van der Waals surface area contributed by atoms with Gasteiger partial charge >= 0.3 is 0 Å². The van der Waals surface area contributed by atoms with E-state index >= 15 is 0 Å². The Labute approximate surface area is 185 Å². The zero-order valence-electron chi connectivity index (χ0n) is 18.9. The first-order valence-electron chi connectivity index (χ1n) is 10.5. The number of likely N-dealkylation sites (N-methyl/N-ethyl adjacent to an activating group) is 1. The van der Waals surface area contributed by atoms with Crippen LogP contribution in [0.2, 0.25) is 0 Å². The summed E-state index contributed by atoms with van der Waals surface area (Å²) in [4.78, 5) is 15.3. The third-order valence-corrected chi connectivity index (χ3v) is 6.83. The first-order valence-corrected chi connectivity index (χ1v) is 12.0. The molecule has 2 aromatic rings. The van der Waals surface area contributed by atoms with Crippen LogP contribution in [0.15, 0.2) is 47.4 Å². The molecule has 0 aliphatic heterocycles. The molecule has 0 bridgehead atoms. The van der Waals surface area contributed by atoms with Crippen LogP contribution in [0.5, 0.6) is 5.75 Å². The number of rotatable bonds is 11. The number of aryl methyl sites for hydroxylation is 1. The van der Waals surface area contributed by atoms with Crippen LogP contribution in [-0.4, -0.2) is 52.5 Å². The van der Waals surface area contributed by atoms with E-state index in [1.54, 1.807) is 27.0 Å². The predicted octanol–water partition coefficient (Wildman–Crippen LogP) is 3.11. The molecule has 7 nitrogen and oxygen atoms in total. The van der Waals surface area contributed by atoms with Crippen LogP contribution in [0.1, 0.15) is 48.3 Å². The zero-order valence-corrected chi connectivity index (χ0v) is 19.8. The highest BCUT2D eigenvalue weighted by Gasteiger charge is 2.21. The first-order chi connectivity index (χ1) is 14.8. The Morgan fingerprint density at radius 1 is 1.10 bits per heavy atom. The highest BCUT2D eigenvalue weighted by atomic mass is 32.2. The molecule has 1 amide bonds. The van der Waals surface area contributed by atoms with E-state index in [0.717, 1.165) is 24.4 Å². The number of hydrogen-bond acceptors (Lipinski definition) is 5. The van der Waals surface area contributed by atoms with Crippen molar-refractivity contribution in [3.05, 3.63) is 59.2 Å². The van der Waals surface area contributed by atoms with Gasteiger partial charge in [0.05, 0.1) is 18.0 Å². The fourth-order valence-electron chi connectivity index (χ4n) is 3.54. The third-order valence-electron chi connectivity index (χ3n) is 5.29. The molecule has 0 saturated carbocycles. The number of sulfonamides is 1. The minimum Gasteiger partial charge on any atom is -0.497 e. The van der Waals surface area contributed by atoms with Gasteiger partial charge in [-0.15, -0.1) is 0 Å². The summed E-state index contributed by atoms with van der Waals surface area (Å²) in [5.41, 5.74) is 2.11. The van der Waals surface area contributed by atoms with Gasteiger partial charge in [0, 0.05) is 18.7 Å². The Morgan fingerprint density at radius 3 is 2.42 bits per heavy atom. The number of benzene rings is 2. The quantitative estimate of drug-likeness (QED) is 0.553. The normalized spacial score (nSPS) is 12.6. The van der Waals surface area contributed by atoms with Gasteiger partial charge in [-0.05, 0) is 55.4 Å². The van der Waals surface area contributed by atoms with E-state index < -0.39 is 10.0 Å². The smallest absolute Gasteiger partial charge is 0.251 e. The summed E-state index contributed by atoms with van der Waals surface area (Å²) in [6.45, 7) is 9.98. The molecular weight excluding hydrogens is 414 g/mol. The molecule has 2 aromatic carbocycles. The fourth-order valence-corrected chi connectivity index (χ4v) is 4.61. The van der Waals surface area contributed by atoms with Crippen molar-refractivity contribution in [1.82, 2.24) is 14.9 Å².